The maximum atomic E-state index is 6.51. The summed E-state index contributed by atoms with van der Waals surface area (Å²) < 4.78 is 8.83. The Morgan fingerprint density at radius 3 is 1.72 bits per heavy atom. The summed E-state index contributed by atoms with van der Waals surface area (Å²) in [5.74, 6) is 0. The second-order valence-electron chi connectivity index (χ2n) is 12.7. The van der Waals surface area contributed by atoms with Crippen LogP contribution < -0.4 is 0 Å². The summed E-state index contributed by atoms with van der Waals surface area (Å²) in [7, 11) is 0. The van der Waals surface area contributed by atoms with E-state index in [0.717, 1.165) is 44.6 Å². The molecule has 0 amide bonds. The molecule has 0 fully saturated rings. The predicted octanol–water partition coefficient (Wildman–Crippen LogP) is 12.1. The Bertz CT molecular complexity index is 2810. The second kappa shape index (κ2) is 11.4. The molecule has 0 atom stereocenters. The highest BCUT2D eigenvalue weighted by atomic mass is 16.3. The molecule has 0 unspecified atom stereocenters. The molecule has 3 aromatic heterocycles. The van der Waals surface area contributed by atoms with Crippen molar-refractivity contribution in [3.05, 3.63) is 176 Å². The minimum Gasteiger partial charge on any atom is -0.452 e. The fourth-order valence-corrected chi connectivity index (χ4v) is 7.32. The molecule has 4 heteroatoms. The number of benzene rings is 7. The van der Waals surface area contributed by atoms with E-state index in [1.807, 2.05) is 12.1 Å². The third kappa shape index (κ3) is 4.61. The predicted molar refractivity (Wildman–Crippen MR) is 205 cm³/mol. The van der Waals surface area contributed by atoms with Crippen LogP contribution in [0, 0.1) is 0 Å². The quantitative estimate of drug-likeness (QED) is 0.188. The van der Waals surface area contributed by atoms with Gasteiger partial charge in [-0.05, 0) is 75.8 Å². The lowest BCUT2D eigenvalue weighted by Gasteiger charge is -2.10. The largest absolute Gasteiger partial charge is 0.452 e. The average Bonchev–Trinajstić information content (AvgIpc) is 3.74. The first-order valence-electron chi connectivity index (χ1n) is 16.8. The number of hydrogen-bond donors (Lipinski definition) is 0. The molecule has 50 heavy (non-hydrogen) atoms. The van der Waals surface area contributed by atoms with Crippen LogP contribution in [-0.2, 0) is 0 Å². The fourth-order valence-electron chi connectivity index (χ4n) is 7.32. The van der Waals surface area contributed by atoms with Gasteiger partial charge < -0.3 is 8.98 Å². The smallest absolute Gasteiger partial charge is 0.180 e. The number of nitrogens with zero attached hydrogens (tertiary/aromatic N) is 3. The van der Waals surface area contributed by atoms with Crippen molar-refractivity contribution in [2.45, 2.75) is 0 Å². The van der Waals surface area contributed by atoms with Crippen molar-refractivity contribution in [1.82, 2.24) is 14.5 Å². The van der Waals surface area contributed by atoms with Crippen LogP contribution in [0.5, 0.6) is 0 Å². The van der Waals surface area contributed by atoms with Crippen molar-refractivity contribution in [3.63, 3.8) is 0 Å². The molecule has 10 rings (SSSR count). The van der Waals surface area contributed by atoms with Crippen molar-refractivity contribution >= 4 is 43.9 Å². The van der Waals surface area contributed by atoms with Gasteiger partial charge >= 0.3 is 0 Å². The zero-order chi connectivity index (χ0) is 33.0. The first-order chi connectivity index (χ1) is 24.8. The van der Waals surface area contributed by atoms with Gasteiger partial charge in [0, 0.05) is 27.4 Å². The van der Waals surface area contributed by atoms with Gasteiger partial charge in [-0.3, -0.25) is 0 Å². The first kappa shape index (κ1) is 28.3. The molecule has 234 valence electrons. The van der Waals surface area contributed by atoms with Gasteiger partial charge in [0.1, 0.15) is 23.1 Å². The van der Waals surface area contributed by atoms with E-state index in [1.165, 1.54) is 44.1 Å². The Labute approximate surface area is 288 Å². The number of para-hydroxylation sites is 2. The minimum atomic E-state index is 0.686. The van der Waals surface area contributed by atoms with Crippen LogP contribution in [-0.4, -0.2) is 14.5 Å². The Kier molecular flexibility index (Phi) is 6.46. The fraction of sp³-hybridized carbons (Fsp3) is 0. The maximum Gasteiger partial charge on any atom is 0.180 e. The molecular formula is C46H29N3O. The average molecular weight is 640 g/mol. The number of rotatable bonds is 5. The SMILES string of the molecule is c1ccc(-c2ccc(-c3cccc(-c4ccc5oc6c(-c7cccc(-n8c9ccccc9c9ccccc98)c7)ncnc6c5c4)c3)cc2)cc1. The van der Waals surface area contributed by atoms with E-state index in [1.54, 1.807) is 6.33 Å². The van der Waals surface area contributed by atoms with E-state index >= 15 is 0 Å². The van der Waals surface area contributed by atoms with Gasteiger partial charge in [0.2, 0.25) is 0 Å². The Morgan fingerprint density at radius 1 is 0.400 bits per heavy atom. The molecule has 10 aromatic rings. The standard InChI is InChI=1S/C46H29N3O/c1-2-10-30(11-3-1)31-20-22-32(23-21-31)33-12-8-13-34(26-33)35-24-25-43-40(28-35)45-46(50-43)44(47-29-48-45)36-14-9-15-37(27-36)49-41-18-6-4-16-38(41)39-17-5-7-19-42(39)49/h1-29H. The van der Waals surface area contributed by atoms with Gasteiger partial charge in [-0.2, -0.15) is 0 Å². The summed E-state index contributed by atoms with van der Waals surface area (Å²) in [4.78, 5) is 9.49. The summed E-state index contributed by atoms with van der Waals surface area (Å²) in [5, 5.41) is 3.44. The molecular weight excluding hydrogens is 611 g/mol. The highest BCUT2D eigenvalue weighted by molar-refractivity contribution is 6.10. The Balaban J connectivity index is 1.03. The van der Waals surface area contributed by atoms with Crippen molar-refractivity contribution < 1.29 is 4.42 Å². The molecule has 0 aliphatic carbocycles. The molecule has 7 aromatic carbocycles. The summed E-state index contributed by atoms with van der Waals surface area (Å²) in [6.07, 6.45) is 1.64. The zero-order valence-corrected chi connectivity index (χ0v) is 27.0. The van der Waals surface area contributed by atoms with Gasteiger partial charge in [-0.25, -0.2) is 9.97 Å². The van der Waals surface area contributed by atoms with Gasteiger partial charge in [-0.1, -0.05) is 127 Å². The lowest BCUT2D eigenvalue weighted by Crippen LogP contribution is -1.95. The third-order valence-corrected chi connectivity index (χ3v) is 9.73. The van der Waals surface area contributed by atoms with Crippen molar-refractivity contribution in [2.24, 2.45) is 0 Å². The number of hydrogen-bond acceptors (Lipinski definition) is 3. The van der Waals surface area contributed by atoms with E-state index < -0.39 is 0 Å². The first-order valence-corrected chi connectivity index (χ1v) is 16.8. The zero-order valence-electron chi connectivity index (χ0n) is 27.0. The summed E-state index contributed by atoms with van der Waals surface area (Å²) in [5.41, 5.74) is 14.5. The molecule has 0 aliphatic rings. The van der Waals surface area contributed by atoms with Crippen LogP contribution >= 0.6 is 0 Å². The Hall–Kier alpha value is -6.78. The van der Waals surface area contributed by atoms with Crippen LogP contribution in [0.4, 0.5) is 0 Å². The molecule has 0 saturated carbocycles. The molecule has 0 bridgehead atoms. The molecule has 4 nitrogen and oxygen atoms in total. The highest BCUT2D eigenvalue weighted by Gasteiger charge is 2.18. The van der Waals surface area contributed by atoms with Crippen LogP contribution in [0.3, 0.4) is 0 Å². The lowest BCUT2D eigenvalue weighted by molar-refractivity contribution is 0.667. The summed E-state index contributed by atoms with van der Waals surface area (Å²) in [6, 6.07) is 60.0. The monoisotopic (exact) mass is 639 g/mol. The van der Waals surface area contributed by atoms with Crippen LogP contribution in [0.2, 0.25) is 0 Å². The van der Waals surface area contributed by atoms with Gasteiger partial charge in [-0.15, -0.1) is 0 Å². The lowest BCUT2D eigenvalue weighted by atomic mass is 9.96. The van der Waals surface area contributed by atoms with E-state index in [4.69, 9.17) is 14.4 Å². The minimum absolute atomic E-state index is 0.686. The van der Waals surface area contributed by atoms with Crippen molar-refractivity contribution in [1.29, 1.82) is 0 Å². The van der Waals surface area contributed by atoms with Crippen molar-refractivity contribution in [3.8, 4) is 50.3 Å². The normalized spacial score (nSPS) is 11.6. The molecule has 0 radical (unpaired) electrons. The second-order valence-corrected chi connectivity index (χ2v) is 12.7. The number of aromatic nitrogens is 3. The molecule has 0 aliphatic heterocycles. The number of furan rings is 1. The van der Waals surface area contributed by atoms with Crippen LogP contribution in [0.25, 0.3) is 94.2 Å². The molecule has 0 saturated heterocycles. The van der Waals surface area contributed by atoms with Crippen molar-refractivity contribution in [2.75, 3.05) is 0 Å². The van der Waals surface area contributed by atoms with Crippen LogP contribution in [0.15, 0.2) is 181 Å². The van der Waals surface area contributed by atoms with Gasteiger partial charge in [0.05, 0.1) is 11.0 Å². The molecule has 3 heterocycles. The number of fused-ring (bicyclic) bond motifs is 6. The molecule has 0 N–H and O–H groups in total. The van der Waals surface area contributed by atoms with Gasteiger partial charge in [0.25, 0.3) is 0 Å². The summed E-state index contributed by atoms with van der Waals surface area (Å²) >= 11 is 0. The topological polar surface area (TPSA) is 43.9 Å². The van der Waals surface area contributed by atoms with E-state index in [9.17, 15) is 0 Å². The summed E-state index contributed by atoms with van der Waals surface area (Å²) in [6.45, 7) is 0. The van der Waals surface area contributed by atoms with Gasteiger partial charge in [0.15, 0.2) is 5.58 Å². The van der Waals surface area contributed by atoms with E-state index in [0.29, 0.717) is 5.58 Å². The van der Waals surface area contributed by atoms with Crippen LogP contribution in [0.1, 0.15) is 0 Å². The third-order valence-electron chi connectivity index (χ3n) is 9.73. The maximum absolute atomic E-state index is 6.51. The Morgan fingerprint density at radius 2 is 0.960 bits per heavy atom. The van der Waals surface area contributed by atoms with E-state index in [-0.39, 0.29) is 0 Å². The molecule has 0 spiro atoms. The van der Waals surface area contributed by atoms with E-state index in [2.05, 4.69) is 162 Å². The highest BCUT2D eigenvalue weighted by Crippen LogP contribution is 2.38.